The molecule has 1 unspecified atom stereocenters. The molecule has 1 atom stereocenters. The molecular formula is C18H17NOS2. The second kappa shape index (κ2) is 7.58. The molecule has 0 aliphatic carbocycles. The molecule has 0 bridgehead atoms. The van der Waals surface area contributed by atoms with Crippen molar-refractivity contribution in [1.82, 2.24) is 4.98 Å². The van der Waals surface area contributed by atoms with E-state index < -0.39 is 6.10 Å². The zero-order valence-corrected chi connectivity index (χ0v) is 13.7. The molecule has 2 aromatic carbocycles. The molecule has 0 saturated heterocycles. The van der Waals surface area contributed by atoms with E-state index >= 15 is 0 Å². The zero-order chi connectivity index (χ0) is 15.2. The number of aliphatic hydroxyl groups excluding tert-OH is 1. The summed E-state index contributed by atoms with van der Waals surface area (Å²) in [5, 5.41) is 13.3. The van der Waals surface area contributed by atoms with E-state index in [1.807, 2.05) is 48.5 Å². The average Bonchev–Trinajstić information content (AvgIpc) is 3.05. The topological polar surface area (TPSA) is 33.1 Å². The summed E-state index contributed by atoms with van der Waals surface area (Å²) in [6, 6.07) is 20.0. The van der Waals surface area contributed by atoms with Crippen LogP contribution in [0.5, 0.6) is 0 Å². The quantitative estimate of drug-likeness (QED) is 0.707. The lowest BCUT2D eigenvalue weighted by atomic mass is 10.1. The van der Waals surface area contributed by atoms with Crippen LogP contribution in [0.15, 0.2) is 66.0 Å². The van der Waals surface area contributed by atoms with E-state index in [0.717, 1.165) is 27.6 Å². The van der Waals surface area contributed by atoms with Crippen LogP contribution < -0.4 is 0 Å². The molecule has 0 aliphatic heterocycles. The standard InChI is InChI=1S/C18H17NOS2/c20-17(14-7-3-1-4-8-14)13-21-11-16-12-22-18(19-16)15-9-5-2-6-10-15/h1-10,12,17,20H,11,13H2. The molecule has 0 radical (unpaired) electrons. The maximum atomic E-state index is 10.1. The summed E-state index contributed by atoms with van der Waals surface area (Å²) in [6.45, 7) is 0. The molecule has 3 rings (SSSR count). The molecular weight excluding hydrogens is 310 g/mol. The van der Waals surface area contributed by atoms with Crippen molar-refractivity contribution < 1.29 is 5.11 Å². The number of benzene rings is 2. The number of aromatic nitrogens is 1. The van der Waals surface area contributed by atoms with Gasteiger partial charge in [-0.05, 0) is 5.56 Å². The zero-order valence-electron chi connectivity index (χ0n) is 12.1. The number of rotatable bonds is 6. The molecule has 0 spiro atoms. The van der Waals surface area contributed by atoms with Crippen LogP contribution in [0, 0.1) is 0 Å². The van der Waals surface area contributed by atoms with Crippen molar-refractivity contribution in [3.63, 3.8) is 0 Å². The van der Waals surface area contributed by atoms with Crippen LogP contribution in [-0.2, 0) is 5.75 Å². The van der Waals surface area contributed by atoms with Gasteiger partial charge in [0.25, 0.3) is 0 Å². The van der Waals surface area contributed by atoms with Crippen LogP contribution in [0.25, 0.3) is 10.6 Å². The Morgan fingerprint density at radius 3 is 2.41 bits per heavy atom. The average molecular weight is 327 g/mol. The van der Waals surface area contributed by atoms with E-state index in [4.69, 9.17) is 0 Å². The van der Waals surface area contributed by atoms with Gasteiger partial charge in [0.2, 0.25) is 0 Å². The van der Waals surface area contributed by atoms with Gasteiger partial charge in [-0.25, -0.2) is 4.98 Å². The van der Waals surface area contributed by atoms with Crippen molar-refractivity contribution in [1.29, 1.82) is 0 Å². The smallest absolute Gasteiger partial charge is 0.123 e. The lowest BCUT2D eigenvalue weighted by molar-refractivity contribution is 0.204. The van der Waals surface area contributed by atoms with E-state index in [-0.39, 0.29) is 0 Å². The fourth-order valence-electron chi connectivity index (χ4n) is 2.13. The fraction of sp³-hybridized carbons (Fsp3) is 0.167. The highest BCUT2D eigenvalue weighted by atomic mass is 32.2. The Kier molecular flexibility index (Phi) is 5.27. The molecule has 0 saturated carbocycles. The number of thiazole rings is 1. The molecule has 0 fully saturated rings. The third kappa shape index (κ3) is 3.97. The minimum Gasteiger partial charge on any atom is -0.388 e. The van der Waals surface area contributed by atoms with Gasteiger partial charge in [0, 0.05) is 22.4 Å². The summed E-state index contributed by atoms with van der Waals surface area (Å²) in [6.07, 6.45) is -0.418. The van der Waals surface area contributed by atoms with E-state index in [9.17, 15) is 5.11 Å². The minimum atomic E-state index is -0.418. The highest BCUT2D eigenvalue weighted by Gasteiger charge is 2.08. The first kappa shape index (κ1) is 15.3. The monoisotopic (exact) mass is 327 g/mol. The van der Waals surface area contributed by atoms with Gasteiger partial charge >= 0.3 is 0 Å². The molecule has 1 heterocycles. The van der Waals surface area contributed by atoms with Crippen LogP contribution >= 0.6 is 23.1 Å². The maximum Gasteiger partial charge on any atom is 0.123 e. The Labute approximate surface area is 138 Å². The first-order chi connectivity index (χ1) is 10.8. The van der Waals surface area contributed by atoms with Crippen molar-refractivity contribution in [2.45, 2.75) is 11.9 Å². The van der Waals surface area contributed by atoms with Crippen LogP contribution in [0.3, 0.4) is 0 Å². The minimum absolute atomic E-state index is 0.418. The van der Waals surface area contributed by atoms with Gasteiger partial charge in [-0.1, -0.05) is 60.7 Å². The molecule has 4 heteroatoms. The highest BCUT2D eigenvalue weighted by molar-refractivity contribution is 7.98. The van der Waals surface area contributed by atoms with E-state index in [1.54, 1.807) is 23.1 Å². The third-order valence-electron chi connectivity index (χ3n) is 3.28. The first-order valence-corrected chi connectivity index (χ1v) is 9.17. The summed E-state index contributed by atoms with van der Waals surface area (Å²) in [4.78, 5) is 4.67. The van der Waals surface area contributed by atoms with E-state index in [0.29, 0.717) is 5.75 Å². The summed E-state index contributed by atoms with van der Waals surface area (Å²) < 4.78 is 0. The van der Waals surface area contributed by atoms with Gasteiger partial charge < -0.3 is 5.11 Å². The first-order valence-electron chi connectivity index (χ1n) is 7.13. The van der Waals surface area contributed by atoms with Gasteiger partial charge in [0.15, 0.2) is 0 Å². The number of nitrogens with zero attached hydrogens (tertiary/aromatic N) is 1. The summed E-state index contributed by atoms with van der Waals surface area (Å²) in [5.74, 6) is 1.51. The Bertz CT molecular complexity index is 697. The Morgan fingerprint density at radius 1 is 1.00 bits per heavy atom. The largest absolute Gasteiger partial charge is 0.388 e. The summed E-state index contributed by atoms with van der Waals surface area (Å²) in [7, 11) is 0. The predicted molar refractivity (Wildman–Crippen MR) is 95.1 cm³/mol. The number of hydrogen-bond acceptors (Lipinski definition) is 4. The molecule has 3 aromatic rings. The van der Waals surface area contributed by atoms with Gasteiger partial charge in [0.05, 0.1) is 11.8 Å². The fourth-order valence-corrected chi connectivity index (χ4v) is 3.96. The van der Waals surface area contributed by atoms with Crippen molar-refractivity contribution in [2.75, 3.05) is 5.75 Å². The highest BCUT2D eigenvalue weighted by Crippen LogP contribution is 2.26. The van der Waals surface area contributed by atoms with Crippen molar-refractivity contribution >= 4 is 23.1 Å². The second-order valence-electron chi connectivity index (χ2n) is 4.95. The van der Waals surface area contributed by atoms with Gasteiger partial charge in [-0.2, -0.15) is 11.8 Å². The third-order valence-corrected chi connectivity index (χ3v) is 5.27. The predicted octanol–water partition coefficient (Wildman–Crippen LogP) is 4.78. The van der Waals surface area contributed by atoms with Crippen molar-refractivity contribution in [2.24, 2.45) is 0 Å². The van der Waals surface area contributed by atoms with Crippen LogP contribution in [-0.4, -0.2) is 15.8 Å². The lowest BCUT2D eigenvalue weighted by Gasteiger charge is -2.09. The molecule has 0 amide bonds. The number of aliphatic hydroxyl groups is 1. The molecule has 1 aromatic heterocycles. The number of hydrogen-bond donors (Lipinski definition) is 1. The van der Waals surface area contributed by atoms with Crippen molar-refractivity contribution in [3.05, 3.63) is 77.3 Å². The second-order valence-corrected chi connectivity index (χ2v) is 6.84. The van der Waals surface area contributed by atoms with Crippen LogP contribution in [0.1, 0.15) is 17.4 Å². The normalized spacial score (nSPS) is 12.2. The molecule has 2 nitrogen and oxygen atoms in total. The van der Waals surface area contributed by atoms with Gasteiger partial charge in [-0.3, -0.25) is 0 Å². The summed E-state index contributed by atoms with van der Waals surface area (Å²) >= 11 is 3.38. The Morgan fingerprint density at radius 2 is 1.68 bits per heavy atom. The molecule has 112 valence electrons. The Balaban J connectivity index is 1.53. The summed E-state index contributed by atoms with van der Waals surface area (Å²) in [5.41, 5.74) is 3.21. The van der Waals surface area contributed by atoms with Gasteiger partial charge in [0.1, 0.15) is 5.01 Å². The van der Waals surface area contributed by atoms with Gasteiger partial charge in [-0.15, -0.1) is 11.3 Å². The van der Waals surface area contributed by atoms with Crippen molar-refractivity contribution in [3.8, 4) is 10.6 Å². The molecule has 0 aliphatic rings. The van der Waals surface area contributed by atoms with E-state index in [1.165, 1.54) is 0 Å². The molecule has 1 N–H and O–H groups in total. The molecule has 22 heavy (non-hydrogen) atoms. The SMILES string of the molecule is OC(CSCc1csc(-c2ccccc2)n1)c1ccccc1. The van der Waals surface area contributed by atoms with E-state index in [2.05, 4.69) is 22.5 Å². The van der Waals surface area contributed by atoms with Crippen LogP contribution in [0.2, 0.25) is 0 Å². The van der Waals surface area contributed by atoms with Crippen LogP contribution in [0.4, 0.5) is 0 Å². The Hall–Kier alpha value is -1.62. The maximum absolute atomic E-state index is 10.1. The number of thioether (sulfide) groups is 1. The lowest BCUT2D eigenvalue weighted by Crippen LogP contribution is -2.00.